The van der Waals surface area contributed by atoms with Crippen LogP contribution in [0.5, 0.6) is 0 Å². The molecule has 0 aliphatic rings. The zero-order valence-electron chi connectivity index (χ0n) is 16.4. The summed E-state index contributed by atoms with van der Waals surface area (Å²) in [6.07, 6.45) is 1.03. The molecule has 0 aliphatic heterocycles. The smallest absolute Gasteiger partial charge is 0.271 e. The lowest BCUT2D eigenvalue weighted by Gasteiger charge is -2.29. The number of benzene rings is 2. The predicted molar refractivity (Wildman–Crippen MR) is 109 cm³/mol. The Morgan fingerprint density at radius 2 is 1.68 bits per heavy atom. The molecule has 2 rings (SSSR count). The maximum Gasteiger partial charge on any atom is 0.271 e. The molecule has 150 valence electrons. The zero-order chi connectivity index (χ0) is 21.2. The monoisotopic (exact) mass is 405 g/mol. The van der Waals surface area contributed by atoms with Gasteiger partial charge in [-0.25, -0.2) is 8.42 Å². The topological polar surface area (TPSA) is 110 Å². The molecule has 0 radical (unpaired) electrons. The number of hydrogen-bond acceptors (Lipinski definition) is 5. The van der Waals surface area contributed by atoms with Crippen molar-refractivity contribution < 1.29 is 18.1 Å². The average Bonchev–Trinajstić information content (AvgIpc) is 2.58. The third kappa shape index (κ3) is 4.66. The Labute approximate surface area is 164 Å². The molecule has 0 aromatic heterocycles. The van der Waals surface area contributed by atoms with E-state index in [0.717, 1.165) is 21.7 Å². The molecular weight excluding hydrogens is 382 g/mol. The highest BCUT2D eigenvalue weighted by Crippen LogP contribution is 2.26. The minimum atomic E-state index is -3.75. The maximum atomic E-state index is 12.8. The van der Waals surface area contributed by atoms with Crippen molar-refractivity contribution >= 4 is 33.0 Å². The minimum Gasteiger partial charge on any atom is -0.324 e. The number of amides is 1. The molecular formula is C19H23N3O5S. The van der Waals surface area contributed by atoms with Crippen LogP contribution in [0, 0.1) is 30.9 Å². The molecule has 1 atom stereocenters. The van der Waals surface area contributed by atoms with Crippen LogP contribution < -0.4 is 9.62 Å². The quantitative estimate of drug-likeness (QED) is 0.586. The van der Waals surface area contributed by atoms with Gasteiger partial charge in [0.25, 0.3) is 5.69 Å². The van der Waals surface area contributed by atoms with Gasteiger partial charge in [0.1, 0.15) is 6.04 Å². The highest BCUT2D eigenvalue weighted by molar-refractivity contribution is 7.92. The Morgan fingerprint density at radius 1 is 1.07 bits per heavy atom. The third-order valence-corrected chi connectivity index (χ3v) is 5.76. The molecule has 0 spiro atoms. The number of anilines is 2. The van der Waals surface area contributed by atoms with Gasteiger partial charge in [0.05, 0.1) is 22.6 Å². The van der Waals surface area contributed by atoms with Crippen LogP contribution >= 0.6 is 0 Å². The van der Waals surface area contributed by atoms with Crippen LogP contribution in [0.25, 0.3) is 0 Å². The fourth-order valence-electron chi connectivity index (χ4n) is 2.77. The minimum absolute atomic E-state index is 0.164. The normalized spacial score (nSPS) is 12.3. The summed E-state index contributed by atoms with van der Waals surface area (Å²) in [5.41, 5.74) is 3.00. The van der Waals surface area contributed by atoms with Crippen LogP contribution in [0.2, 0.25) is 0 Å². The van der Waals surface area contributed by atoms with E-state index in [-0.39, 0.29) is 11.4 Å². The lowest BCUT2D eigenvalue weighted by atomic mass is 10.1. The van der Waals surface area contributed by atoms with Crippen LogP contribution in [0.3, 0.4) is 0 Å². The molecule has 2 aromatic rings. The number of hydrogen-bond donors (Lipinski definition) is 1. The van der Waals surface area contributed by atoms with Crippen LogP contribution in [0.15, 0.2) is 36.4 Å². The van der Waals surface area contributed by atoms with Gasteiger partial charge in [0.2, 0.25) is 15.9 Å². The molecule has 1 amide bonds. The van der Waals surface area contributed by atoms with E-state index >= 15 is 0 Å². The molecule has 1 N–H and O–H groups in total. The van der Waals surface area contributed by atoms with Crippen molar-refractivity contribution in [2.75, 3.05) is 15.9 Å². The molecule has 0 saturated carbocycles. The van der Waals surface area contributed by atoms with Gasteiger partial charge in [-0.1, -0.05) is 12.1 Å². The van der Waals surface area contributed by atoms with Crippen molar-refractivity contribution in [1.29, 1.82) is 0 Å². The van der Waals surface area contributed by atoms with Crippen molar-refractivity contribution in [3.05, 3.63) is 63.2 Å². The Balaban J connectivity index is 2.38. The first-order valence-corrected chi connectivity index (χ1v) is 10.4. The van der Waals surface area contributed by atoms with Gasteiger partial charge in [0, 0.05) is 12.1 Å². The number of nitrogens with one attached hydrogen (secondary N) is 1. The third-order valence-electron chi connectivity index (χ3n) is 4.52. The van der Waals surface area contributed by atoms with Gasteiger partial charge in [-0.2, -0.15) is 0 Å². The number of nitrogens with zero attached hydrogens (tertiary/aromatic N) is 2. The van der Waals surface area contributed by atoms with E-state index in [4.69, 9.17) is 0 Å². The summed E-state index contributed by atoms with van der Waals surface area (Å²) in [7, 11) is -3.75. The van der Waals surface area contributed by atoms with E-state index in [1.165, 1.54) is 25.1 Å². The second kappa shape index (κ2) is 7.97. The van der Waals surface area contributed by atoms with E-state index in [2.05, 4.69) is 5.32 Å². The van der Waals surface area contributed by atoms with Crippen LogP contribution in [0.1, 0.15) is 23.6 Å². The average molecular weight is 405 g/mol. The Morgan fingerprint density at radius 3 is 2.21 bits per heavy atom. The van der Waals surface area contributed by atoms with Crippen molar-refractivity contribution in [2.24, 2.45) is 0 Å². The SMILES string of the molecule is Cc1ccc(N([C@@H](C)C(=O)Nc2cc([N+](=O)[O-])ccc2C)S(C)(=O)=O)cc1C. The van der Waals surface area contributed by atoms with Gasteiger partial charge >= 0.3 is 0 Å². The molecule has 0 unspecified atom stereocenters. The number of carbonyl (C=O) groups is 1. The highest BCUT2D eigenvalue weighted by atomic mass is 32.2. The fraction of sp³-hybridized carbons (Fsp3) is 0.316. The largest absolute Gasteiger partial charge is 0.324 e. The van der Waals surface area contributed by atoms with Crippen LogP contribution in [0.4, 0.5) is 17.1 Å². The number of nitro benzene ring substituents is 1. The molecule has 8 nitrogen and oxygen atoms in total. The van der Waals surface area contributed by atoms with Crippen LogP contribution in [-0.4, -0.2) is 31.5 Å². The summed E-state index contributed by atoms with van der Waals surface area (Å²) in [5, 5.41) is 13.6. The van der Waals surface area contributed by atoms with Crippen molar-refractivity contribution in [3.63, 3.8) is 0 Å². The second-order valence-corrected chi connectivity index (χ2v) is 8.61. The number of rotatable bonds is 6. The lowest BCUT2D eigenvalue weighted by Crippen LogP contribution is -2.45. The van der Waals surface area contributed by atoms with E-state index in [9.17, 15) is 23.3 Å². The summed E-state index contributed by atoms with van der Waals surface area (Å²) in [5.74, 6) is -0.591. The molecule has 0 heterocycles. The van der Waals surface area contributed by atoms with Gasteiger partial charge in [-0.3, -0.25) is 19.2 Å². The first-order chi connectivity index (χ1) is 12.9. The zero-order valence-corrected chi connectivity index (χ0v) is 17.2. The molecule has 28 heavy (non-hydrogen) atoms. The summed E-state index contributed by atoms with van der Waals surface area (Å²) in [6, 6.07) is 8.20. The van der Waals surface area contributed by atoms with Crippen molar-refractivity contribution in [1.82, 2.24) is 0 Å². The number of non-ortho nitro benzene ring substituents is 1. The fourth-order valence-corrected chi connectivity index (χ4v) is 3.93. The van der Waals surface area contributed by atoms with E-state index < -0.39 is 26.9 Å². The summed E-state index contributed by atoms with van der Waals surface area (Å²) < 4.78 is 25.8. The first-order valence-electron chi connectivity index (χ1n) is 8.54. The Hall–Kier alpha value is -2.94. The van der Waals surface area contributed by atoms with Gasteiger partial charge in [-0.05, 0) is 56.5 Å². The van der Waals surface area contributed by atoms with Crippen LogP contribution in [-0.2, 0) is 14.8 Å². The standard InChI is InChI=1S/C19H23N3O5S/c1-12-6-8-16(10-14(12)3)21(28(5,26)27)15(4)19(23)20-18-11-17(22(24)25)9-7-13(18)2/h6-11,15H,1-5H3,(H,20,23)/t15-/m0/s1. The summed E-state index contributed by atoms with van der Waals surface area (Å²) in [4.78, 5) is 23.2. The van der Waals surface area contributed by atoms with E-state index in [0.29, 0.717) is 11.3 Å². The molecule has 9 heteroatoms. The Kier molecular flexibility index (Phi) is 6.08. The molecule has 0 bridgehead atoms. The van der Waals surface area contributed by atoms with Crippen molar-refractivity contribution in [2.45, 2.75) is 33.7 Å². The maximum absolute atomic E-state index is 12.8. The predicted octanol–water partition coefficient (Wildman–Crippen LogP) is 3.31. The molecule has 0 fully saturated rings. The van der Waals surface area contributed by atoms with Gasteiger partial charge < -0.3 is 5.32 Å². The number of carbonyl (C=O) groups excluding carboxylic acids is 1. The van der Waals surface area contributed by atoms with Gasteiger partial charge in [-0.15, -0.1) is 0 Å². The summed E-state index contributed by atoms with van der Waals surface area (Å²) in [6.45, 7) is 6.93. The number of aryl methyl sites for hydroxylation is 3. The highest BCUT2D eigenvalue weighted by Gasteiger charge is 2.29. The Bertz CT molecular complexity index is 1030. The van der Waals surface area contributed by atoms with E-state index in [1.54, 1.807) is 25.1 Å². The van der Waals surface area contributed by atoms with E-state index in [1.807, 2.05) is 13.8 Å². The number of sulfonamides is 1. The number of nitro groups is 1. The van der Waals surface area contributed by atoms with Gasteiger partial charge in [0.15, 0.2) is 0 Å². The molecule has 0 aliphatic carbocycles. The summed E-state index contributed by atoms with van der Waals surface area (Å²) >= 11 is 0. The van der Waals surface area contributed by atoms with Crippen molar-refractivity contribution in [3.8, 4) is 0 Å². The molecule has 0 saturated heterocycles. The first kappa shape index (κ1) is 21.4. The molecule has 2 aromatic carbocycles. The second-order valence-electron chi connectivity index (χ2n) is 6.75. The lowest BCUT2D eigenvalue weighted by molar-refractivity contribution is -0.384.